The van der Waals surface area contributed by atoms with E-state index < -0.39 is 23.7 Å². The fraction of sp³-hybridized carbons (Fsp3) is 0.154. The van der Waals surface area contributed by atoms with Crippen molar-refractivity contribution < 1.29 is 22.7 Å². The molecule has 0 spiro atoms. The van der Waals surface area contributed by atoms with Gasteiger partial charge in [-0.15, -0.1) is 0 Å². The zero-order valence-corrected chi connectivity index (χ0v) is 9.53. The third kappa shape index (κ3) is 2.90. The van der Waals surface area contributed by atoms with Gasteiger partial charge in [-0.3, -0.25) is 4.98 Å². The molecule has 1 heterocycles. The van der Waals surface area contributed by atoms with E-state index in [0.717, 1.165) is 6.07 Å². The van der Waals surface area contributed by atoms with Crippen molar-refractivity contribution in [3.05, 3.63) is 65.2 Å². The zero-order valence-electron chi connectivity index (χ0n) is 9.53. The summed E-state index contributed by atoms with van der Waals surface area (Å²) < 4.78 is 50.8. The Morgan fingerprint density at radius 2 is 1.84 bits per heavy atom. The van der Waals surface area contributed by atoms with E-state index in [0.29, 0.717) is 17.7 Å². The minimum Gasteiger partial charge on any atom is -0.384 e. The van der Waals surface area contributed by atoms with Gasteiger partial charge in [0.2, 0.25) is 0 Å². The van der Waals surface area contributed by atoms with Gasteiger partial charge in [0, 0.05) is 18.0 Å². The Hall–Kier alpha value is -1.95. The van der Waals surface area contributed by atoms with Crippen LogP contribution >= 0.6 is 0 Å². The van der Waals surface area contributed by atoms with Gasteiger partial charge in [0.15, 0.2) is 0 Å². The Bertz CT molecular complexity index is 569. The molecule has 0 saturated carbocycles. The predicted molar refractivity (Wildman–Crippen MR) is 59.7 cm³/mol. The first-order valence-corrected chi connectivity index (χ1v) is 5.34. The van der Waals surface area contributed by atoms with E-state index in [1.807, 2.05) is 0 Å². The van der Waals surface area contributed by atoms with E-state index in [2.05, 4.69) is 4.98 Å². The lowest BCUT2D eigenvalue weighted by Crippen LogP contribution is -2.10. The molecule has 1 N–H and O–H groups in total. The van der Waals surface area contributed by atoms with E-state index in [-0.39, 0.29) is 5.56 Å². The number of alkyl halides is 3. The first-order chi connectivity index (χ1) is 8.89. The molecule has 100 valence electrons. The molecule has 2 aromatic rings. The molecular formula is C13H9F4NO. The van der Waals surface area contributed by atoms with Crippen LogP contribution in [0.2, 0.25) is 0 Å². The molecule has 0 bridgehead atoms. The first kappa shape index (κ1) is 13.5. The van der Waals surface area contributed by atoms with Gasteiger partial charge in [-0.25, -0.2) is 4.39 Å². The SMILES string of the molecule is OC(c1cccnc1)c1ccc(F)c(C(F)(F)F)c1. The monoisotopic (exact) mass is 271 g/mol. The normalized spacial score (nSPS) is 13.3. The van der Waals surface area contributed by atoms with Crippen molar-refractivity contribution >= 4 is 0 Å². The largest absolute Gasteiger partial charge is 0.419 e. The Morgan fingerprint density at radius 3 is 2.42 bits per heavy atom. The molecule has 1 unspecified atom stereocenters. The minimum atomic E-state index is -4.80. The first-order valence-electron chi connectivity index (χ1n) is 5.34. The van der Waals surface area contributed by atoms with Gasteiger partial charge in [0.25, 0.3) is 0 Å². The average molecular weight is 271 g/mol. The van der Waals surface area contributed by atoms with Crippen LogP contribution in [-0.2, 0) is 6.18 Å². The number of aromatic nitrogens is 1. The summed E-state index contributed by atoms with van der Waals surface area (Å²) in [7, 11) is 0. The molecular weight excluding hydrogens is 262 g/mol. The summed E-state index contributed by atoms with van der Waals surface area (Å²) in [5, 5.41) is 9.94. The minimum absolute atomic E-state index is 0.0401. The molecule has 0 amide bonds. The van der Waals surface area contributed by atoms with Crippen molar-refractivity contribution in [1.29, 1.82) is 0 Å². The van der Waals surface area contributed by atoms with E-state index in [1.165, 1.54) is 18.5 Å². The topological polar surface area (TPSA) is 33.1 Å². The lowest BCUT2D eigenvalue weighted by Gasteiger charge is -2.14. The van der Waals surface area contributed by atoms with Crippen LogP contribution in [0, 0.1) is 5.82 Å². The molecule has 1 aromatic carbocycles. The molecule has 1 atom stereocenters. The molecule has 0 aliphatic rings. The lowest BCUT2D eigenvalue weighted by atomic mass is 10.0. The summed E-state index contributed by atoms with van der Waals surface area (Å²) >= 11 is 0. The van der Waals surface area contributed by atoms with Crippen molar-refractivity contribution in [2.45, 2.75) is 12.3 Å². The van der Waals surface area contributed by atoms with E-state index in [1.54, 1.807) is 6.07 Å². The molecule has 2 nitrogen and oxygen atoms in total. The van der Waals surface area contributed by atoms with Crippen molar-refractivity contribution in [2.24, 2.45) is 0 Å². The smallest absolute Gasteiger partial charge is 0.384 e. The number of aliphatic hydroxyl groups excluding tert-OH is 1. The third-order valence-electron chi connectivity index (χ3n) is 2.61. The van der Waals surface area contributed by atoms with Crippen LogP contribution in [0.15, 0.2) is 42.7 Å². The maximum absolute atomic E-state index is 13.1. The van der Waals surface area contributed by atoms with Crippen molar-refractivity contribution in [2.75, 3.05) is 0 Å². The second-order valence-corrected chi connectivity index (χ2v) is 3.93. The van der Waals surface area contributed by atoms with Crippen LogP contribution in [0.4, 0.5) is 17.6 Å². The molecule has 0 aliphatic heterocycles. The second-order valence-electron chi connectivity index (χ2n) is 3.93. The highest BCUT2D eigenvalue weighted by atomic mass is 19.4. The highest BCUT2D eigenvalue weighted by Gasteiger charge is 2.34. The number of hydrogen-bond donors (Lipinski definition) is 1. The highest BCUT2D eigenvalue weighted by Crippen LogP contribution is 2.33. The molecule has 0 saturated heterocycles. The molecule has 2 rings (SSSR count). The fourth-order valence-electron chi connectivity index (χ4n) is 1.66. The standard InChI is InChI=1S/C13H9F4NO/c14-11-4-3-8(6-10(11)13(15,16)17)12(19)9-2-1-5-18-7-9/h1-7,12,19H. The van der Waals surface area contributed by atoms with E-state index in [9.17, 15) is 22.7 Å². The van der Waals surface area contributed by atoms with Crippen LogP contribution in [0.25, 0.3) is 0 Å². The van der Waals surface area contributed by atoms with Gasteiger partial charge >= 0.3 is 6.18 Å². The summed E-state index contributed by atoms with van der Waals surface area (Å²) in [4.78, 5) is 3.76. The maximum atomic E-state index is 13.1. The maximum Gasteiger partial charge on any atom is 0.419 e. The highest BCUT2D eigenvalue weighted by molar-refractivity contribution is 5.33. The third-order valence-corrected chi connectivity index (χ3v) is 2.61. The number of pyridine rings is 1. The molecule has 19 heavy (non-hydrogen) atoms. The second kappa shape index (κ2) is 4.97. The van der Waals surface area contributed by atoms with Gasteiger partial charge in [-0.2, -0.15) is 13.2 Å². The summed E-state index contributed by atoms with van der Waals surface area (Å²) in [5.74, 6) is -1.37. The summed E-state index contributed by atoms with van der Waals surface area (Å²) in [6.07, 6.45) is -3.27. The number of benzene rings is 1. The number of aliphatic hydroxyl groups is 1. The van der Waals surface area contributed by atoms with Crippen molar-refractivity contribution in [1.82, 2.24) is 4.98 Å². The Kier molecular flexibility index (Phi) is 3.53. The summed E-state index contributed by atoms with van der Waals surface area (Å²) in [6.45, 7) is 0. The molecule has 0 aliphatic carbocycles. The quantitative estimate of drug-likeness (QED) is 0.850. The van der Waals surface area contributed by atoms with Gasteiger partial charge in [0.05, 0.1) is 5.56 Å². The summed E-state index contributed by atoms with van der Waals surface area (Å²) in [5.41, 5.74) is -1.10. The fourth-order valence-corrected chi connectivity index (χ4v) is 1.66. The Labute approximate surface area is 106 Å². The Balaban J connectivity index is 2.42. The van der Waals surface area contributed by atoms with Crippen LogP contribution in [0.5, 0.6) is 0 Å². The van der Waals surface area contributed by atoms with Gasteiger partial charge in [-0.05, 0) is 23.8 Å². The molecule has 0 radical (unpaired) electrons. The van der Waals surface area contributed by atoms with E-state index in [4.69, 9.17) is 0 Å². The van der Waals surface area contributed by atoms with Crippen molar-refractivity contribution in [3.8, 4) is 0 Å². The van der Waals surface area contributed by atoms with Crippen molar-refractivity contribution in [3.63, 3.8) is 0 Å². The van der Waals surface area contributed by atoms with Gasteiger partial charge in [0.1, 0.15) is 11.9 Å². The number of nitrogens with zero attached hydrogens (tertiary/aromatic N) is 1. The van der Waals surface area contributed by atoms with Gasteiger partial charge < -0.3 is 5.11 Å². The van der Waals surface area contributed by atoms with Crippen LogP contribution < -0.4 is 0 Å². The average Bonchev–Trinajstić information content (AvgIpc) is 2.38. The molecule has 0 fully saturated rings. The van der Waals surface area contributed by atoms with Crippen LogP contribution in [-0.4, -0.2) is 10.1 Å². The van der Waals surface area contributed by atoms with Crippen LogP contribution in [0.3, 0.4) is 0 Å². The lowest BCUT2D eigenvalue weighted by molar-refractivity contribution is -0.140. The number of hydrogen-bond acceptors (Lipinski definition) is 2. The zero-order chi connectivity index (χ0) is 14.0. The Morgan fingerprint density at radius 1 is 1.11 bits per heavy atom. The van der Waals surface area contributed by atoms with Gasteiger partial charge in [-0.1, -0.05) is 12.1 Å². The molecule has 1 aromatic heterocycles. The molecule has 6 heteroatoms. The number of rotatable bonds is 2. The van der Waals surface area contributed by atoms with Crippen LogP contribution in [0.1, 0.15) is 22.8 Å². The predicted octanol–water partition coefficient (Wildman–Crippen LogP) is 3.32. The number of halogens is 4. The van der Waals surface area contributed by atoms with E-state index >= 15 is 0 Å². The summed E-state index contributed by atoms with van der Waals surface area (Å²) in [6, 6.07) is 5.48.